The third kappa shape index (κ3) is 3.57. The van der Waals surface area contributed by atoms with E-state index >= 15 is 0 Å². The molecule has 0 aliphatic carbocycles. The molecule has 0 saturated carbocycles. The smallest absolute Gasteiger partial charge is 0.269 e. The number of amides is 2. The van der Waals surface area contributed by atoms with Crippen molar-refractivity contribution >= 4 is 40.2 Å². The molecule has 8 nitrogen and oxygen atoms in total. The Morgan fingerprint density at radius 2 is 1.42 bits per heavy atom. The summed E-state index contributed by atoms with van der Waals surface area (Å²) >= 11 is 1.47. The Labute approximate surface area is 210 Å². The van der Waals surface area contributed by atoms with Gasteiger partial charge in [-0.25, -0.2) is 9.96 Å². The Bertz CT molecular complexity index is 1460. The zero-order chi connectivity index (χ0) is 24.8. The van der Waals surface area contributed by atoms with Gasteiger partial charge in [-0.3, -0.25) is 24.5 Å². The first kappa shape index (κ1) is 22.1. The van der Waals surface area contributed by atoms with Gasteiger partial charge in [0.05, 0.1) is 16.3 Å². The van der Waals surface area contributed by atoms with Crippen LogP contribution in [0.4, 0.5) is 17.1 Å². The summed E-state index contributed by atoms with van der Waals surface area (Å²) in [6, 6.07) is 28.0. The van der Waals surface area contributed by atoms with Crippen LogP contribution in [0.1, 0.15) is 10.9 Å². The van der Waals surface area contributed by atoms with Crippen LogP contribution in [-0.4, -0.2) is 22.8 Å². The van der Waals surface area contributed by atoms with Crippen LogP contribution in [0.2, 0.25) is 0 Å². The SMILES string of the molecule is O=C1C2ON(c3ccccc3)C(c3ccc(-c4ccc([N+](=O)[O-])cc4)s3)C2C(=O)N1c1ccccc1. The van der Waals surface area contributed by atoms with E-state index in [2.05, 4.69) is 0 Å². The van der Waals surface area contributed by atoms with Crippen molar-refractivity contribution in [2.24, 2.45) is 5.92 Å². The van der Waals surface area contributed by atoms with E-state index in [4.69, 9.17) is 4.84 Å². The topological polar surface area (TPSA) is 93.0 Å². The standard InChI is InChI=1S/C27H19N3O5S/c31-26-23-24(22-16-15-21(36-22)17-11-13-20(14-12-17)30(33)34)29(19-9-5-2-6-10-19)35-25(23)27(32)28(26)18-7-3-1-4-8-18/h1-16,23-25H. The molecule has 2 saturated heterocycles. The van der Waals surface area contributed by atoms with Crippen LogP contribution >= 0.6 is 11.3 Å². The van der Waals surface area contributed by atoms with Crippen LogP contribution in [-0.2, 0) is 14.4 Å². The van der Waals surface area contributed by atoms with Gasteiger partial charge in [-0.05, 0) is 54.1 Å². The van der Waals surface area contributed by atoms with Crippen molar-refractivity contribution in [1.29, 1.82) is 0 Å². The van der Waals surface area contributed by atoms with E-state index in [9.17, 15) is 19.7 Å². The Balaban J connectivity index is 1.40. The van der Waals surface area contributed by atoms with Gasteiger partial charge < -0.3 is 0 Å². The second-order valence-corrected chi connectivity index (χ2v) is 9.63. The fourth-order valence-electron chi connectivity index (χ4n) is 4.75. The number of hydroxylamine groups is 1. The lowest BCUT2D eigenvalue weighted by atomic mass is 9.95. The molecule has 3 unspecified atom stereocenters. The minimum Gasteiger partial charge on any atom is -0.273 e. The number of nitro benzene ring substituents is 1. The molecule has 3 aromatic carbocycles. The molecule has 2 fully saturated rings. The van der Waals surface area contributed by atoms with E-state index in [1.54, 1.807) is 41.5 Å². The number of imide groups is 1. The van der Waals surface area contributed by atoms with Crippen LogP contribution < -0.4 is 9.96 Å². The zero-order valence-corrected chi connectivity index (χ0v) is 19.6. The highest BCUT2D eigenvalue weighted by Gasteiger charge is 2.60. The van der Waals surface area contributed by atoms with Crippen LogP contribution in [0.25, 0.3) is 10.4 Å². The van der Waals surface area contributed by atoms with Crippen molar-refractivity contribution in [3.8, 4) is 10.4 Å². The minimum absolute atomic E-state index is 0.0221. The summed E-state index contributed by atoms with van der Waals surface area (Å²) in [7, 11) is 0. The van der Waals surface area contributed by atoms with Gasteiger partial charge in [-0.2, -0.15) is 0 Å². The molecule has 3 heterocycles. The normalized spacial score (nSPS) is 21.2. The molecule has 0 bridgehead atoms. The molecule has 178 valence electrons. The Morgan fingerprint density at radius 1 is 0.778 bits per heavy atom. The van der Waals surface area contributed by atoms with E-state index < -0.39 is 23.0 Å². The summed E-state index contributed by atoms with van der Waals surface area (Å²) in [6.07, 6.45) is -0.937. The summed E-state index contributed by atoms with van der Waals surface area (Å²) in [5.74, 6) is -1.40. The van der Waals surface area contributed by atoms with E-state index in [0.717, 1.165) is 21.0 Å². The molecule has 2 aliphatic rings. The van der Waals surface area contributed by atoms with E-state index in [-0.39, 0.29) is 17.5 Å². The molecule has 0 radical (unpaired) electrons. The zero-order valence-electron chi connectivity index (χ0n) is 18.8. The van der Waals surface area contributed by atoms with Crippen LogP contribution in [0.5, 0.6) is 0 Å². The molecule has 36 heavy (non-hydrogen) atoms. The van der Waals surface area contributed by atoms with Crippen molar-refractivity contribution in [2.75, 3.05) is 9.96 Å². The molecule has 3 atom stereocenters. The number of hydrogen-bond acceptors (Lipinski definition) is 7. The maximum absolute atomic E-state index is 13.7. The fraction of sp³-hybridized carbons (Fsp3) is 0.111. The molecule has 9 heteroatoms. The highest BCUT2D eigenvalue weighted by molar-refractivity contribution is 7.15. The second kappa shape index (κ2) is 8.71. The fourth-order valence-corrected chi connectivity index (χ4v) is 5.89. The Kier molecular flexibility index (Phi) is 5.36. The first-order chi connectivity index (χ1) is 17.5. The van der Waals surface area contributed by atoms with E-state index in [0.29, 0.717) is 5.69 Å². The summed E-state index contributed by atoms with van der Waals surface area (Å²) in [5.41, 5.74) is 2.12. The molecule has 2 amide bonds. The van der Waals surface area contributed by atoms with Crippen LogP contribution in [0, 0.1) is 16.0 Å². The maximum Gasteiger partial charge on any atom is 0.269 e. The maximum atomic E-state index is 13.7. The average Bonchev–Trinajstić information content (AvgIpc) is 3.60. The van der Waals surface area contributed by atoms with Crippen molar-refractivity contribution < 1.29 is 19.3 Å². The van der Waals surface area contributed by atoms with Crippen LogP contribution in [0.3, 0.4) is 0 Å². The van der Waals surface area contributed by atoms with Gasteiger partial charge in [-0.15, -0.1) is 11.3 Å². The predicted octanol–water partition coefficient (Wildman–Crippen LogP) is 5.37. The lowest BCUT2D eigenvalue weighted by Gasteiger charge is -2.27. The van der Waals surface area contributed by atoms with Gasteiger partial charge >= 0.3 is 0 Å². The van der Waals surface area contributed by atoms with Crippen molar-refractivity contribution in [3.63, 3.8) is 0 Å². The molecule has 2 aliphatic heterocycles. The summed E-state index contributed by atoms with van der Waals surface area (Å²) in [6.45, 7) is 0. The third-order valence-electron chi connectivity index (χ3n) is 6.42. The second-order valence-electron chi connectivity index (χ2n) is 8.51. The average molecular weight is 498 g/mol. The number of benzene rings is 3. The van der Waals surface area contributed by atoms with Gasteiger partial charge in [0, 0.05) is 21.9 Å². The molecule has 0 N–H and O–H groups in total. The monoisotopic (exact) mass is 497 g/mol. The lowest BCUT2D eigenvalue weighted by Crippen LogP contribution is -2.37. The first-order valence-corrected chi connectivity index (χ1v) is 12.1. The minimum atomic E-state index is -0.937. The number of carbonyl (C=O) groups excluding carboxylic acids is 2. The highest BCUT2D eigenvalue weighted by Crippen LogP contribution is 2.49. The van der Waals surface area contributed by atoms with Crippen molar-refractivity contribution in [3.05, 3.63) is 112 Å². The molecular weight excluding hydrogens is 478 g/mol. The van der Waals surface area contributed by atoms with Crippen molar-refractivity contribution in [1.82, 2.24) is 0 Å². The van der Waals surface area contributed by atoms with Gasteiger partial charge in [0.2, 0.25) is 5.91 Å². The van der Waals surface area contributed by atoms with Crippen molar-refractivity contribution in [2.45, 2.75) is 12.1 Å². The van der Waals surface area contributed by atoms with E-state index in [1.807, 2.05) is 48.5 Å². The Morgan fingerprint density at radius 3 is 2.06 bits per heavy atom. The molecule has 4 aromatic rings. The van der Waals surface area contributed by atoms with Gasteiger partial charge in [-0.1, -0.05) is 36.4 Å². The number of hydrogen-bond donors (Lipinski definition) is 0. The number of non-ortho nitro benzene ring substituents is 1. The largest absolute Gasteiger partial charge is 0.273 e. The number of thiophene rings is 1. The Hall–Kier alpha value is -4.34. The summed E-state index contributed by atoms with van der Waals surface area (Å²) in [4.78, 5) is 46.8. The quantitative estimate of drug-likeness (QED) is 0.209. The molecule has 0 spiro atoms. The van der Waals surface area contributed by atoms with E-state index in [1.165, 1.54) is 28.4 Å². The molecule has 6 rings (SSSR count). The summed E-state index contributed by atoms with van der Waals surface area (Å²) in [5, 5.41) is 12.7. The predicted molar refractivity (Wildman–Crippen MR) is 135 cm³/mol. The number of fused-ring (bicyclic) bond motifs is 1. The third-order valence-corrected chi connectivity index (χ3v) is 7.63. The van der Waals surface area contributed by atoms with Crippen LogP contribution in [0.15, 0.2) is 97.1 Å². The summed E-state index contributed by atoms with van der Waals surface area (Å²) < 4.78 is 0. The number of carbonyl (C=O) groups is 2. The van der Waals surface area contributed by atoms with Gasteiger partial charge in [0.15, 0.2) is 6.10 Å². The number of anilines is 2. The number of nitrogens with zero attached hydrogens (tertiary/aromatic N) is 3. The lowest BCUT2D eigenvalue weighted by molar-refractivity contribution is -0.384. The number of rotatable bonds is 5. The highest BCUT2D eigenvalue weighted by atomic mass is 32.1. The van der Waals surface area contributed by atoms with Gasteiger partial charge in [0.1, 0.15) is 12.0 Å². The number of para-hydroxylation sites is 2. The van der Waals surface area contributed by atoms with Gasteiger partial charge in [0.25, 0.3) is 11.6 Å². The number of nitro groups is 1. The molecular formula is C27H19N3O5S. The molecule has 1 aromatic heterocycles. The first-order valence-electron chi connectivity index (χ1n) is 11.3.